The van der Waals surface area contributed by atoms with Crippen molar-refractivity contribution in [3.05, 3.63) is 59.9 Å². The van der Waals surface area contributed by atoms with E-state index in [0.717, 1.165) is 18.5 Å². The largest absolute Gasteiger partial charge is 0.489 e. The van der Waals surface area contributed by atoms with Crippen molar-refractivity contribution < 1.29 is 9.53 Å². The lowest BCUT2D eigenvalue weighted by Gasteiger charge is -2.16. The summed E-state index contributed by atoms with van der Waals surface area (Å²) in [5.74, 6) is 0.693. The zero-order chi connectivity index (χ0) is 15.4. The molecule has 0 saturated carbocycles. The Kier molecular flexibility index (Phi) is 7.98. The van der Waals surface area contributed by atoms with Gasteiger partial charge in [-0.2, -0.15) is 0 Å². The Hall–Kier alpha value is -1.82. The van der Waals surface area contributed by atoms with Gasteiger partial charge in [0.2, 0.25) is 0 Å². The third kappa shape index (κ3) is 5.09. The first kappa shape index (κ1) is 20.2. The highest BCUT2D eigenvalue weighted by molar-refractivity contribution is 5.94. The minimum absolute atomic E-state index is 0. The summed E-state index contributed by atoms with van der Waals surface area (Å²) in [6.07, 6.45) is 4.35. The number of hydrogen-bond acceptors (Lipinski definition) is 4. The molecular formula is C17H21Cl2N3O2. The summed E-state index contributed by atoms with van der Waals surface area (Å²) in [7, 11) is 0. The minimum atomic E-state index is 0. The van der Waals surface area contributed by atoms with E-state index in [0.29, 0.717) is 24.5 Å². The van der Waals surface area contributed by atoms with Crippen molar-refractivity contribution in [3.63, 3.8) is 0 Å². The van der Waals surface area contributed by atoms with Crippen molar-refractivity contribution >= 4 is 30.7 Å². The molecule has 1 aromatic heterocycles. The Balaban J connectivity index is 0.00000144. The number of halogens is 2. The number of ether oxygens (including phenoxy) is 1. The van der Waals surface area contributed by atoms with Crippen LogP contribution in [0.25, 0.3) is 0 Å². The molecule has 0 spiro atoms. The number of aromatic nitrogens is 1. The monoisotopic (exact) mass is 369 g/mol. The molecule has 1 atom stereocenters. The molecule has 1 fully saturated rings. The minimum Gasteiger partial charge on any atom is -0.489 e. The smallest absolute Gasteiger partial charge is 0.254 e. The second-order valence-electron chi connectivity index (χ2n) is 5.48. The van der Waals surface area contributed by atoms with Crippen molar-refractivity contribution in [2.24, 2.45) is 5.73 Å². The van der Waals surface area contributed by atoms with Crippen LogP contribution in [-0.2, 0) is 6.61 Å². The van der Waals surface area contributed by atoms with Gasteiger partial charge < -0.3 is 15.4 Å². The SMILES string of the molecule is Cl.Cl.N[C@@H]1CCN(C(=O)c2cccc(OCc3cccnc3)c2)C1. The van der Waals surface area contributed by atoms with Crippen LogP contribution < -0.4 is 10.5 Å². The van der Waals surface area contributed by atoms with Crippen LogP contribution in [0.1, 0.15) is 22.3 Å². The fourth-order valence-electron chi connectivity index (χ4n) is 2.52. The van der Waals surface area contributed by atoms with Gasteiger partial charge in [0.1, 0.15) is 12.4 Å². The number of nitrogens with zero attached hydrogens (tertiary/aromatic N) is 2. The molecule has 7 heteroatoms. The number of carbonyl (C=O) groups is 1. The summed E-state index contributed by atoms with van der Waals surface area (Å²) >= 11 is 0. The average Bonchev–Trinajstić information content (AvgIpc) is 3.00. The summed E-state index contributed by atoms with van der Waals surface area (Å²) in [5, 5.41) is 0. The molecule has 1 aliphatic heterocycles. The number of pyridine rings is 1. The van der Waals surface area contributed by atoms with Crippen LogP contribution in [0.2, 0.25) is 0 Å². The Morgan fingerprint density at radius 2 is 2.12 bits per heavy atom. The fraction of sp³-hybridized carbons (Fsp3) is 0.294. The van der Waals surface area contributed by atoms with Crippen LogP contribution in [0.15, 0.2) is 48.8 Å². The molecule has 2 aromatic rings. The highest BCUT2D eigenvalue weighted by atomic mass is 35.5. The number of amides is 1. The molecule has 2 N–H and O–H groups in total. The van der Waals surface area contributed by atoms with E-state index in [-0.39, 0.29) is 36.8 Å². The van der Waals surface area contributed by atoms with E-state index >= 15 is 0 Å². The molecular weight excluding hydrogens is 349 g/mol. The lowest BCUT2D eigenvalue weighted by Crippen LogP contribution is -2.31. The summed E-state index contributed by atoms with van der Waals surface area (Å²) < 4.78 is 5.73. The first-order valence-electron chi connectivity index (χ1n) is 7.39. The van der Waals surface area contributed by atoms with Gasteiger partial charge in [0.25, 0.3) is 5.91 Å². The van der Waals surface area contributed by atoms with Crippen LogP contribution in [0, 0.1) is 0 Å². The maximum Gasteiger partial charge on any atom is 0.254 e. The van der Waals surface area contributed by atoms with E-state index in [1.54, 1.807) is 23.4 Å². The summed E-state index contributed by atoms with van der Waals surface area (Å²) in [6, 6.07) is 11.2. The normalized spacial score (nSPS) is 16.0. The molecule has 0 bridgehead atoms. The molecule has 1 aromatic carbocycles. The van der Waals surface area contributed by atoms with Crippen LogP contribution in [0.5, 0.6) is 5.75 Å². The average molecular weight is 370 g/mol. The molecule has 1 aliphatic rings. The van der Waals surface area contributed by atoms with Crippen molar-refractivity contribution in [1.29, 1.82) is 0 Å². The number of hydrogen-bond donors (Lipinski definition) is 1. The van der Waals surface area contributed by atoms with Crippen LogP contribution >= 0.6 is 24.8 Å². The zero-order valence-corrected chi connectivity index (χ0v) is 14.8. The van der Waals surface area contributed by atoms with Crippen molar-refractivity contribution in [2.75, 3.05) is 13.1 Å². The second-order valence-corrected chi connectivity index (χ2v) is 5.48. The molecule has 1 amide bonds. The highest BCUT2D eigenvalue weighted by Crippen LogP contribution is 2.18. The van der Waals surface area contributed by atoms with Crippen molar-refractivity contribution in [3.8, 4) is 5.75 Å². The number of benzene rings is 1. The number of nitrogens with two attached hydrogens (primary N) is 1. The van der Waals surface area contributed by atoms with Crippen LogP contribution in [-0.4, -0.2) is 34.9 Å². The number of likely N-dealkylation sites (tertiary alicyclic amines) is 1. The van der Waals surface area contributed by atoms with Crippen LogP contribution in [0.4, 0.5) is 0 Å². The van der Waals surface area contributed by atoms with Gasteiger partial charge in [0, 0.05) is 42.7 Å². The third-order valence-corrected chi connectivity index (χ3v) is 3.72. The molecule has 2 heterocycles. The Morgan fingerprint density at radius 1 is 1.29 bits per heavy atom. The molecule has 0 aliphatic carbocycles. The standard InChI is InChI=1S/C17H19N3O2.2ClH/c18-15-6-8-20(11-15)17(21)14-4-1-5-16(9-14)22-12-13-3-2-7-19-10-13;;/h1-5,7,9-10,15H,6,8,11-12,18H2;2*1H/t15-;;/m1../s1. The van der Waals surface area contributed by atoms with Gasteiger partial charge in [0.15, 0.2) is 0 Å². The van der Waals surface area contributed by atoms with Crippen LogP contribution in [0.3, 0.4) is 0 Å². The predicted molar refractivity (Wildman–Crippen MR) is 98.0 cm³/mol. The first-order valence-corrected chi connectivity index (χ1v) is 7.39. The Bertz CT molecular complexity index is 655. The second kappa shape index (κ2) is 9.47. The van der Waals surface area contributed by atoms with Gasteiger partial charge in [-0.25, -0.2) is 0 Å². The lowest BCUT2D eigenvalue weighted by molar-refractivity contribution is 0.0790. The molecule has 130 valence electrons. The van der Waals surface area contributed by atoms with E-state index in [1.807, 2.05) is 30.3 Å². The van der Waals surface area contributed by atoms with Gasteiger partial charge in [-0.1, -0.05) is 12.1 Å². The van der Waals surface area contributed by atoms with Crippen molar-refractivity contribution in [2.45, 2.75) is 19.1 Å². The number of carbonyl (C=O) groups excluding carboxylic acids is 1. The summed E-state index contributed by atoms with van der Waals surface area (Å²) in [5.41, 5.74) is 7.49. The molecule has 24 heavy (non-hydrogen) atoms. The maximum atomic E-state index is 12.4. The summed E-state index contributed by atoms with van der Waals surface area (Å²) in [6.45, 7) is 1.78. The molecule has 0 radical (unpaired) electrons. The van der Waals surface area contributed by atoms with Crippen molar-refractivity contribution in [1.82, 2.24) is 9.88 Å². The van der Waals surface area contributed by atoms with E-state index in [2.05, 4.69) is 4.98 Å². The first-order chi connectivity index (χ1) is 10.7. The van der Waals surface area contributed by atoms with E-state index in [1.165, 1.54) is 0 Å². The third-order valence-electron chi connectivity index (χ3n) is 3.72. The lowest BCUT2D eigenvalue weighted by atomic mass is 10.2. The van der Waals surface area contributed by atoms with E-state index < -0.39 is 0 Å². The highest BCUT2D eigenvalue weighted by Gasteiger charge is 2.24. The van der Waals surface area contributed by atoms with Gasteiger partial charge in [0.05, 0.1) is 0 Å². The van der Waals surface area contributed by atoms with Gasteiger partial charge in [-0.05, 0) is 30.7 Å². The summed E-state index contributed by atoms with van der Waals surface area (Å²) in [4.78, 5) is 18.3. The maximum absolute atomic E-state index is 12.4. The van der Waals surface area contributed by atoms with Gasteiger partial charge in [-0.15, -0.1) is 24.8 Å². The van der Waals surface area contributed by atoms with E-state index in [4.69, 9.17) is 10.5 Å². The zero-order valence-electron chi connectivity index (χ0n) is 13.1. The Morgan fingerprint density at radius 3 is 2.79 bits per heavy atom. The van der Waals surface area contributed by atoms with Gasteiger partial charge >= 0.3 is 0 Å². The van der Waals surface area contributed by atoms with E-state index in [9.17, 15) is 4.79 Å². The fourth-order valence-corrected chi connectivity index (χ4v) is 2.52. The quantitative estimate of drug-likeness (QED) is 0.899. The van der Waals surface area contributed by atoms with Gasteiger partial charge in [-0.3, -0.25) is 9.78 Å². The number of rotatable bonds is 4. The topological polar surface area (TPSA) is 68.5 Å². The molecule has 0 unspecified atom stereocenters. The predicted octanol–water partition coefficient (Wildman–Crippen LogP) is 2.68. The molecule has 5 nitrogen and oxygen atoms in total. The Labute approximate surface area is 154 Å². The molecule has 3 rings (SSSR count). The molecule has 1 saturated heterocycles.